The number of aliphatic hydroxyl groups excluding tert-OH is 3. The SMILES string of the molecule is CC(=O)NC[C@@H]1[C@@H](O)[C@H](O)[C@@H](CO)N1CCP(=O)(O)OCC(C)(NC(=O)/C=C(C)/C=C/C1(O)C(C)=CC(=O)CC1(C)C)C(=O)O. The molecule has 0 aromatic carbocycles. The highest BCUT2D eigenvalue weighted by Crippen LogP contribution is 2.45. The van der Waals surface area contributed by atoms with Gasteiger partial charge in [-0.15, -0.1) is 0 Å². The average molecular weight is 660 g/mol. The summed E-state index contributed by atoms with van der Waals surface area (Å²) in [6.45, 7) is 7.10. The predicted octanol–water partition coefficient (Wildman–Crippen LogP) is -0.770. The number of amides is 2. The van der Waals surface area contributed by atoms with Gasteiger partial charge < -0.3 is 45.6 Å². The fourth-order valence-electron chi connectivity index (χ4n) is 5.49. The van der Waals surface area contributed by atoms with Crippen LogP contribution in [0.2, 0.25) is 0 Å². The molecule has 2 aliphatic rings. The molecule has 45 heavy (non-hydrogen) atoms. The Labute approximate surface area is 262 Å². The highest BCUT2D eigenvalue weighted by atomic mass is 31.2. The summed E-state index contributed by atoms with van der Waals surface area (Å²) >= 11 is 0. The number of nitrogens with zero attached hydrogens (tertiary/aromatic N) is 1. The first-order valence-corrected chi connectivity index (χ1v) is 16.2. The van der Waals surface area contributed by atoms with Crippen molar-refractivity contribution in [2.75, 3.05) is 32.5 Å². The molecule has 1 aliphatic heterocycles. The van der Waals surface area contributed by atoms with Gasteiger partial charge in [-0.2, -0.15) is 0 Å². The standard InChI is InChI=1S/C29H46N3O12P/c1-17(7-8-29(41)18(2)12-20(35)13-27(29,4)5)11-23(36)31-28(6,26(39)40)16-44-45(42,43)10-9-32-21(14-30-19(3)34)24(37)25(38)22(32)15-33/h7-8,11-12,21-22,24-25,33,37-38,41H,9-10,13-16H2,1-6H3,(H,30,34)(H,31,36)(H,39,40)(H,42,43)/b8-7+,17-11+/t21-,22-,24-,25-,28?,29?/m1/s1. The van der Waals surface area contributed by atoms with E-state index in [-0.39, 0.29) is 25.3 Å². The molecule has 2 rings (SSSR count). The first kappa shape index (κ1) is 38.4. The Hall–Kier alpha value is -2.75. The number of ketones is 1. The highest BCUT2D eigenvalue weighted by Gasteiger charge is 2.48. The molecular weight excluding hydrogens is 613 g/mol. The van der Waals surface area contributed by atoms with Crippen molar-refractivity contribution in [2.45, 2.75) is 83.4 Å². The lowest BCUT2D eigenvalue weighted by Crippen LogP contribution is -2.55. The summed E-state index contributed by atoms with van der Waals surface area (Å²) in [4.78, 5) is 60.0. The van der Waals surface area contributed by atoms with Crippen molar-refractivity contribution < 1.29 is 58.7 Å². The number of aliphatic carboxylic acids is 1. The number of carboxylic acids is 1. The second kappa shape index (κ2) is 14.8. The zero-order chi connectivity index (χ0) is 34.5. The third kappa shape index (κ3) is 9.39. The predicted molar refractivity (Wildman–Crippen MR) is 162 cm³/mol. The van der Waals surface area contributed by atoms with Crippen LogP contribution < -0.4 is 10.6 Å². The van der Waals surface area contributed by atoms with Crippen LogP contribution in [0.5, 0.6) is 0 Å². The highest BCUT2D eigenvalue weighted by molar-refractivity contribution is 7.52. The summed E-state index contributed by atoms with van der Waals surface area (Å²) in [5, 5.41) is 56.2. The van der Waals surface area contributed by atoms with Gasteiger partial charge in [-0.1, -0.05) is 19.9 Å². The normalized spacial score (nSPS) is 30.0. The zero-order valence-corrected chi connectivity index (χ0v) is 27.3. The summed E-state index contributed by atoms with van der Waals surface area (Å²) in [5.41, 5.74) is -3.65. The van der Waals surface area contributed by atoms with Crippen LogP contribution in [0.25, 0.3) is 0 Å². The minimum absolute atomic E-state index is 0.112. The van der Waals surface area contributed by atoms with Crippen LogP contribution >= 0.6 is 7.60 Å². The maximum absolute atomic E-state index is 12.9. The van der Waals surface area contributed by atoms with Crippen molar-refractivity contribution in [3.8, 4) is 0 Å². The van der Waals surface area contributed by atoms with Gasteiger partial charge in [0, 0.05) is 37.9 Å². The van der Waals surface area contributed by atoms with Gasteiger partial charge >= 0.3 is 13.6 Å². The van der Waals surface area contributed by atoms with Gasteiger partial charge in [-0.3, -0.25) is 23.8 Å². The fourth-order valence-corrected chi connectivity index (χ4v) is 6.56. The van der Waals surface area contributed by atoms with Gasteiger partial charge in [0.2, 0.25) is 11.8 Å². The molecule has 15 nitrogen and oxygen atoms in total. The first-order valence-electron chi connectivity index (χ1n) is 14.4. The number of allylic oxidation sites excluding steroid dienone is 3. The Bertz CT molecular complexity index is 1300. The van der Waals surface area contributed by atoms with E-state index in [4.69, 9.17) is 4.52 Å². The molecule has 2 amide bonds. The van der Waals surface area contributed by atoms with E-state index in [2.05, 4.69) is 10.6 Å². The number of aliphatic hydroxyl groups is 4. The smallest absolute Gasteiger partial charge is 0.331 e. The summed E-state index contributed by atoms with van der Waals surface area (Å²) in [5.74, 6) is -2.93. The third-order valence-electron chi connectivity index (χ3n) is 8.38. The monoisotopic (exact) mass is 659 g/mol. The lowest BCUT2D eigenvalue weighted by Gasteiger charge is -2.44. The van der Waals surface area contributed by atoms with E-state index in [1.54, 1.807) is 27.7 Å². The minimum Gasteiger partial charge on any atom is -0.479 e. The number of carbonyl (C=O) groups is 4. The Morgan fingerprint density at radius 3 is 2.33 bits per heavy atom. The van der Waals surface area contributed by atoms with Gasteiger partial charge in [0.15, 0.2) is 11.3 Å². The number of nitrogens with one attached hydrogen (secondary N) is 2. The number of likely N-dealkylation sites (tertiary alicyclic amines) is 1. The number of hydrogen-bond donors (Lipinski definition) is 8. The molecule has 1 aliphatic carbocycles. The third-order valence-corrected chi connectivity index (χ3v) is 9.67. The number of hydrogen-bond acceptors (Lipinski definition) is 11. The van der Waals surface area contributed by atoms with E-state index >= 15 is 0 Å². The molecule has 0 radical (unpaired) electrons. The van der Waals surface area contributed by atoms with E-state index < -0.39 is 85.6 Å². The summed E-state index contributed by atoms with van der Waals surface area (Å²) in [6.07, 6.45) is 2.13. The zero-order valence-electron chi connectivity index (χ0n) is 26.4. The second-order valence-electron chi connectivity index (χ2n) is 12.6. The largest absolute Gasteiger partial charge is 0.479 e. The van der Waals surface area contributed by atoms with Gasteiger partial charge in [-0.25, -0.2) is 4.79 Å². The van der Waals surface area contributed by atoms with Crippen molar-refractivity contribution in [1.29, 1.82) is 0 Å². The molecule has 7 atom stereocenters. The van der Waals surface area contributed by atoms with Crippen LogP contribution in [0.3, 0.4) is 0 Å². The maximum Gasteiger partial charge on any atom is 0.331 e. The van der Waals surface area contributed by atoms with Crippen molar-refractivity contribution in [3.05, 3.63) is 35.5 Å². The van der Waals surface area contributed by atoms with Crippen molar-refractivity contribution in [3.63, 3.8) is 0 Å². The molecule has 0 bridgehead atoms. The van der Waals surface area contributed by atoms with Crippen LogP contribution in [0.15, 0.2) is 35.5 Å². The molecular formula is C29H46N3O12P. The summed E-state index contributed by atoms with van der Waals surface area (Å²) in [7, 11) is -4.52. The molecule has 3 unspecified atom stereocenters. The van der Waals surface area contributed by atoms with Crippen molar-refractivity contribution in [1.82, 2.24) is 15.5 Å². The molecule has 16 heteroatoms. The number of rotatable bonds is 14. The average Bonchev–Trinajstić information content (AvgIpc) is 3.14. The maximum atomic E-state index is 12.9. The lowest BCUT2D eigenvalue weighted by atomic mass is 9.64. The Morgan fingerprint density at radius 1 is 1.20 bits per heavy atom. The molecule has 254 valence electrons. The Kier molecular flexibility index (Phi) is 12.6. The minimum atomic E-state index is -4.52. The van der Waals surface area contributed by atoms with E-state index in [1.807, 2.05) is 0 Å². The molecule has 0 spiro atoms. The Morgan fingerprint density at radius 2 is 1.80 bits per heavy atom. The quantitative estimate of drug-likeness (QED) is 0.0650. The number of carboxylic acid groups (broad SMARTS) is 1. The topological polar surface area (TPSA) is 243 Å². The molecule has 1 fully saturated rings. The fraction of sp³-hybridized carbons (Fsp3) is 0.655. The van der Waals surface area contributed by atoms with E-state index in [9.17, 15) is 54.2 Å². The van der Waals surface area contributed by atoms with Crippen LogP contribution in [0, 0.1) is 5.41 Å². The number of carbonyl (C=O) groups excluding carboxylic acids is 3. The second-order valence-corrected chi connectivity index (χ2v) is 14.6. The first-order chi connectivity index (χ1) is 20.6. The summed E-state index contributed by atoms with van der Waals surface area (Å²) in [6, 6.07) is -1.89. The van der Waals surface area contributed by atoms with E-state index in [0.29, 0.717) is 11.1 Å². The molecule has 1 heterocycles. The summed E-state index contributed by atoms with van der Waals surface area (Å²) < 4.78 is 18.0. The van der Waals surface area contributed by atoms with Crippen LogP contribution in [0.4, 0.5) is 0 Å². The van der Waals surface area contributed by atoms with Gasteiger partial charge in [0.1, 0.15) is 5.60 Å². The van der Waals surface area contributed by atoms with Crippen LogP contribution in [-0.4, -0.2) is 127 Å². The molecule has 8 N–H and O–H groups in total. The van der Waals surface area contributed by atoms with E-state index in [0.717, 1.165) is 13.0 Å². The van der Waals surface area contributed by atoms with Gasteiger partial charge in [0.25, 0.3) is 0 Å². The molecule has 1 saturated heterocycles. The van der Waals surface area contributed by atoms with E-state index in [1.165, 1.54) is 30.1 Å². The van der Waals surface area contributed by atoms with Gasteiger partial charge in [-0.05, 0) is 44.1 Å². The Balaban J connectivity index is 2.10. The lowest BCUT2D eigenvalue weighted by molar-refractivity contribution is -0.147. The van der Waals surface area contributed by atoms with Crippen LogP contribution in [-0.2, 0) is 28.3 Å². The molecule has 0 saturated carbocycles. The van der Waals surface area contributed by atoms with Crippen molar-refractivity contribution >= 4 is 31.2 Å². The molecule has 0 aromatic rings. The molecule has 0 aromatic heterocycles. The van der Waals surface area contributed by atoms with Crippen molar-refractivity contribution in [2.24, 2.45) is 5.41 Å². The van der Waals surface area contributed by atoms with Gasteiger partial charge in [0.05, 0.1) is 43.7 Å². The van der Waals surface area contributed by atoms with Crippen LogP contribution in [0.1, 0.15) is 48.0 Å².